The molecule has 0 aromatic heterocycles. The number of carbonyl (C=O) groups excluding carboxylic acids is 1. The van der Waals surface area contributed by atoms with Crippen LogP contribution in [0, 0.1) is 81.8 Å². The van der Waals surface area contributed by atoms with Crippen molar-refractivity contribution < 1.29 is 4.79 Å². The van der Waals surface area contributed by atoms with E-state index in [9.17, 15) is 0 Å². The van der Waals surface area contributed by atoms with Gasteiger partial charge in [-0.3, -0.25) is 14.6 Å². The van der Waals surface area contributed by atoms with Crippen molar-refractivity contribution in [2.45, 2.75) is 176 Å². The summed E-state index contributed by atoms with van der Waals surface area (Å²) in [7, 11) is 0. The number of hydrogen-bond acceptors (Lipinski definition) is 5. The van der Waals surface area contributed by atoms with E-state index in [1.165, 1.54) is 154 Å². The first-order valence-corrected chi connectivity index (χ1v) is 24.7. The summed E-state index contributed by atoms with van der Waals surface area (Å²) in [5, 5.41) is 9.07. The molecule has 296 valence electrons. The minimum atomic E-state index is -0.268. The van der Waals surface area contributed by atoms with Crippen LogP contribution in [0.1, 0.15) is 154 Å². The fourth-order valence-electron chi connectivity index (χ4n) is 21.9. The van der Waals surface area contributed by atoms with Crippen LogP contribution >= 0.6 is 0 Å². The van der Waals surface area contributed by atoms with Gasteiger partial charge < -0.3 is 10.6 Å². The van der Waals surface area contributed by atoms with Gasteiger partial charge in [-0.25, -0.2) is 0 Å². The Labute approximate surface area is 327 Å². The molecule has 18 rings (SSSR count). The summed E-state index contributed by atoms with van der Waals surface area (Å²) in [6.07, 6.45) is 35.2. The van der Waals surface area contributed by atoms with Crippen LogP contribution in [0.3, 0.4) is 0 Å². The van der Waals surface area contributed by atoms with E-state index >= 15 is 4.79 Å². The third-order valence-corrected chi connectivity index (χ3v) is 22.0. The van der Waals surface area contributed by atoms with Gasteiger partial charge in [-0.15, -0.1) is 0 Å². The van der Waals surface area contributed by atoms with Crippen LogP contribution in [0.4, 0.5) is 0 Å². The Balaban J connectivity index is 0.864. The number of piperidine rings is 2. The molecule has 2 aliphatic heterocycles. The standard InChI is InChI=1S/C49H74N4O/c54-43-44(25-50-46-13-31-1-32(14-46)3-33(2-31)15-46)27-52(48-19-37-7-38(20-48)9-39(8-37)21-48)29-45(43,26-51-47-16-34-4-35(17-47)6-36(5-34)18-47)30-53(28-44)49-22-40-10-41(23-49)12-42(11-40)24-49/h31-42,50-51H,1-30H2. The first kappa shape index (κ1) is 33.4. The van der Waals surface area contributed by atoms with Crippen LogP contribution in [0.2, 0.25) is 0 Å². The lowest BCUT2D eigenvalue weighted by atomic mass is 9.49. The molecule has 0 radical (unpaired) electrons. The number of nitrogens with one attached hydrogen (secondary N) is 2. The Kier molecular flexibility index (Phi) is 6.80. The van der Waals surface area contributed by atoms with Crippen LogP contribution in [0.5, 0.6) is 0 Å². The van der Waals surface area contributed by atoms with Crippen molar-refractivity contribution in [3.05, 3.63) is 0 Å². The molecule has 16 saturated carbocycles. The number of fused-ring (bicyclic) bond motifs is 2. The highest BCUT2D eigenvalue weighted by Crippen LogP contribution is 2.64. The number of ketones is 1. The largest absolute Gasteiger partial charge is 0.310 e. The summed E-state index contributed by atoms with van der Waals surface area (Å²) in [5.74, 6) is 12.2. The van der Waals surface area contributed by atoms with Crippen molar-refractivity contribution in [1.82, 2.24) is 20.4 Å². The summed E-state index contributed by atoms with van der Waals surface area (Å²) in [6.45, 7) is 6.23. The molecular weight excluding hydrogens is 661 g/mol. The lowest BCUT2D eigenvalue weighted by Crippen LogP contribution is -2.80. The molecule has 2 N–H and O–H groups in total. The van der Waals surface area contributed by atoms with Gasteiger partial charge in [0.05, 0.1) is 10.8 Å². The second-order valence-corrected chi connectivity index (χ2v) is 26.0. The summed E-state index contributed by atoms with van der Waals surface area (Å²) >= 11 is 0. The average molecular weight is 735 g/mol. The monoisotopic (exact) mass is 735 g/mol. The molecule has 0 atom stereocenters. The summed E-state index contributed by atoms with van der Waals surface area (Å²) in [5.41, 5.74) is 0.837. The summed E-state index contributed by atoms with van der Waals surface area (Å²) in [4.78, 5) is 22.6. The van der Waals surface area contributed by atoms with Gasteiger partial charge in [0.2, 0.25) is 0 Å². The van der Waals surface area contributed by atoms with Crippen molar-refractivity contribution >= 4 is 5.78 Å². The lowest BCUT2D eigenvalue weighted by Gasteiger charge is -2.69. The van der Waals surface area contributed by atoms with Crippen LogP contribution < -0.4 is 10.6 Å². The van der Waals surface area contributed by atoms with Crippen molar-refractivity contribution in [3.8, 4) is 0 Å². The number of rotatable bonds is 8. The highest BCUT2D eigenvalue weighted by atomic mass is 16.1. The highest BCUT2D eigenvalue weighted by Gasteiger charge is 2.68. The first-order valence-electron chi connectivity index (χ1n) is 24.7. The second-order valence-electron chi connectivity index (χ2n) is 26.0. The Hall–Kier alpha value is -0.490. The molecule has 54 heavy (non-hydrogen) atoms. The van der Waals surface area contributed by atoms with Crippen molar-refractivity contribution in [2.75, 3.05) is 39.3 Å². The quantitative estimate of drug-likeness (QED) is 0.263. The summed E-state index contributed by atoms with van der Waals surface area (Å²) in [6, 6.07) is 0. The molecule has 18 bridgehead atoms. The number of nitrogens with zero attached hydrogens (tertiary/aromatic N) is 2. The Morgan fingerprint density at radius 1 is 0.370 bits per heavy atom. The smallest absolute Gasteiger partial charge is 0.152 e. The van der Waals surface area contributed by atoms with Gasteiger partial charge in [-0.1, -0.05) is 0 Å². The van der Waals surface area contributed by atoms with Gasteiger partial charge in [0.15, 0.2) is 5.78 Å². The van der Waals surface area contributed by atoms with E-state index in [0.717, 1.165) is 116 Å². The zero-order chi connectivity index (χ0) is 35.3. The zero-order valence-corrected chi connectivity index (χ0v) is 33.9. The molecule has 18 aliphatic rings. The molecule has 16 aliphatic carbocycles. The molecule has 0 spiro atoms. The maximum Gasteiger partial charge on any atom is 0.152 e. The van der Waals surface area contributed by atoms with Gasteiger partial charge in [0, 0.05) is 61.4 Å². The number of hydrogen-bond donors (Lipinski definition) is 2. The normalized spacial score (nSPS) is 61.4. The van der Waals surface area contributed by atoms with Crippen molar-refractivity contribution in [1.29, 1.82) is 0 Å². The molecule has 2 heterocycles. The maximum atomic E-state index is 16.3. The molecule has 0 aromatic rings. The molecule has 0 amide bonds. The Morgan fingerprint density at radius 3 is 0.833 bits per heavy atom. The zero-order valence-electron chi connectivity index (χ0n) is 33.9. The molecule has 5 nitrogen and oxygen atoms in total. The average Bonchev–Trinajstić information content (AvgIpc) is 3.08. The highest BCUT2D eigenvalue weighted by molar-refractivity contribution is 5.93. The van der Waals surface area contributed by atoms with Crippen LogP contribution in [0.25, 0.3) is 0 Å². The van der Waals surface area contributed by atoms with E-state index in [-0.39, 0.29) is 10.8 Å². The molecule has 0 unspecified atom stereocenters. The number of carbonyl (C=O) groups is 1. The van der Waals surface area contributed by atoms with E-state index < -0.39 is 0 Å². The van der Waals surface area contributed by atoms with Gasteiger partial charge in [0.25, 0.3) is 0 Å². The van der Waals surface area contributed by atoms with Crippen molar-refractivity contribution in [2.24, 2.45) is 81.8 Å². The van der Waals surface area contributed by atoms with E-state index in [1.54, 1.807) is 0 Å². The van der Waals surface area contributed by atoms with Crippen LogP contribution in [0.15, 0.2) is 0 Å². The molecule has 0 aromatic carbocycles. The van der Waals surface area contributed by atoms with E-state index in [4.69, 9.17) is 0 Å². The topological polar surface area (TPSA) is 47.6 Å². The van der Waals surface area contributed by atoms with Gasteiger partial charge in [0.1, 0.15) is 0 Å². The van der Waals surface area contributed by atoms with E-state index in [0.29, 0.717) is 22.2 Å². The molecule has 5 heteroatoms. The summed E-state index contributed by atoms with van der Waals surface area (Å²) < 4.78 is 0. The molecule has 18 fully saturated rings. The SMILES string of the molecule is O=C1C2(CNC34CC5CC(CC(C5)C3)C4)CN(C34CC5CC(CC(C5)C3)C4)CC1(CNC13CC4CC(CC(C4)C1)C3)CN(C13CC4CC(CC(C4)C1)C3)C2. The van der Waals surface area contributed by atoms with E-state index in [1.807, 2.05) is 0 Å². The van der Waals surface area contributed by atoms with Crippen LogP contribution in [-0.2, 0) is 4.79 Å². The first-order chi connectivity index (χ1) is 26.1. The minimum absolute atomic E-state index is 0.268. The predicted octanol–water partition coefficient (Wildman–Crippen LogP) is 8.21. The predicted molar refractivity (Wildman–Crippen MR) is 213 cm³/mol. The lowest BCUT2D eigenvalue weighted by molar-refractivity contribution is -0.197. The third-order valence-electron chi connectivity index (χ3n) is 22.0. The number of likely N-dealkylation sites (tertiary alicyclic amines) is 2. The number of Topliss-reactive ketones (excluding diaryl/α,β-unsaturated/α-hetero) is 1. The minimum Gasteiger partial charge on any atom is -0.310 e. The van der Waals surface area contributed by atoms with Gasteiger partial charge in [-0.2, -0.15) is 0 Å². The third kappa shape index (κ3) is 4.80. The maximum absolute atomic E-state index is 16.3. The van der Waals surface area contributed by atoms with Gasteiger partial charge >= 0.3 is 0 Å². The molecular formula is C49H74N4O. The fourth-order valence-corrected chi connectivity index (χ4v) is 21.9. The van der Waals surface area contributed by atoms with Crippen LogP contribution in [-0.4, -0.2) is 77.0 Å². The van der Waals surface area contributed by atoms with Crippen molar-refractivity contribution in [3.63, 3.8) is 0 Å². The Bertz CT molecular complexity index is 1330. The fraction of sp³-hybridized carbons (Fsp3) is 0.980. The Morgan fingerprint density at radius 2 is 0.593 bits per heavy atom. The van der Waals surface area contributed by atoms with Gasteiger partial charge in [-0.05, 0) is 225 Å². The second kappa shape index (κ2) is 11.0. The van der Waals surface area contributed by atoms with E-state index in [2.05, 4.69) is 20.4 Å². The molecule has 2 saturated heterocycles.